The fraction of sp³-hybridized carbons (Fsp3) is 0.485. The molecule has 3 heterocycles. The molecule has 6 rings (SSSR count). The number of aromatic nitrogens is 3. The molecule has 0 radical (unpaired) electrons. The summed E-state index contributed by atoms with van der Waals surface area (Å²) in [5.41, 5.74) is 12.5. The Balaban J connectivity index is 1.41. The zero-order valence-corrected chi connectivity index (χ0v) is 24.6. The number of benzene rings is 1. The molecule has 0 spiro atoms. The van der Waals surface area contributed by atoms with E-state index in [9.17, 15) is 4.79 Å². The summed E-state index contributed by atoms with van der Waals surface area (Å²) in [6, 6.07) is 8.12. The molecule has 1 aromatic carbocycles. The Morgan fingerprint density at radius 1 is 1.22 bits per heavy atom. The molecule has 2 N–H and O–H groups in total. The third kappa shape index (κ3) is 5.37. The molecule has 1 amide bonds. The number of fused-ring (bicyclic) bond motifs is 1. The molecule has 1 unspecified atom stereocenters. The van der Waals surface area contributed by atoms with E-state index in [1.165, 1.54) is 19.3 Å². The smallest absolute Gasteiger partial charge is 0.258 e. The van der Waals surface area contributed by atoms with Crippen LogP contribution in [-0.4, -0.2) is 52.2 Å². The lowest BCUT2D eigenvalue weighted by molar-refractivity contribution is 0.00704. The fourth-order valence-corrected chi connectivity index (χ4v) is 6.24. The Bertz CT molecular complexity index is 1510. The predicted octanol–water partition coefficient (Wildman–Crippen LogP) is 5.98. The van der Waals surface area contributed by atoms with Crippen LogP contribution in [0.4, 0.5) is 0 Å². The van der Waals surface area contributed by atoms with Gasteiger partial charge in [-0.15, -0.1) is 0 Å². The number of aryl methyl sites for hydroxylation is 1. The lowest BCUT2D eigenvalue weighted by Crippen LogP contribution is -2.33. The van der Waals surface area contributed by atoms with E-state index in [1.54, 1.807) is 25.3 Å². The summed E-state index contributed by atoms with van der Waals surface area (Å²) >= 11 is 0. The molecule has 1 aliphatic heterocycles. The Kier molecular flexibility index (Phi) is 7.60. The van der Waals surface area contributed by atoms with Gasteiger partial charge in [0, 0.05) is 55.0 Å². The van der Waals surface area contributed by atoms with Gasteiger partial charge in [0.25, 0.3) is 5.91 Å². The molecule has 2 aliphatic carbocycles. The Labute approximate surface area is 242 Å². The van der Waals surface area contributed by atoms with Gasteiger partial charge in [-0.25, -0.2) is 4.98 Å². The largest absolute Gasteiger partial charge is 0.494 e. The van der Waals surface area contributed by atoms with Gasteiger partial charge >= 0.3 is 0 Å². The third-order valence-electron chi connectivity index (χ3n) is 9.07. The predicted molar refractivity (Wildman–Crippen MR) is 161 cm³/mol. The average molecular weight is 556 g/mol. The molecular weight excluding hydrogens is 514 g/mol. The molecule has 1 atom stereocenters. The monoisotopic (exact) mass is 555 g/mol. The van der Waals surface area contributed by atoms with Crippen LogP contribution in [-0.2, 0) is 11.2 Å². The standard InChI is InChI=1S/C33H41N5O3/c1-5-22-18-37(19-27(22)34)33(39)24-14-29-31(30(15-24)41-4)38(25-16-26(17-25)40-3)32(36-29)20(2)13-23-7-6-12-35-28(23)11-10-21-8-9-21/h6-7,12-15,19,21-22,25-26H,5,8-11,16-18,34H2,1-4H3/b20-13+. The van der Waals surface area contributed by atoms with Crippen molar-refractivity contribution in [2.45, 2.75) is 70.9 Å². The number of nitrogens with zero attached hydrogens (tertiary/aromatic N) is 4. The van der Waals surface area contributed by atoms with Crippen LogP contribution in [0.1, 0.15) is 85.9 Å². The maximum atomic E-state index is 13.6. The minimum atomic E-state index is -0.0915. The lowest BCUT2D eigenvalue weighted by Gasteiger charge is -2.36. The van der Waals surface area contributed by atoms with Crippen LogP contribution < -0.4 is 10.5 Å². The van der Waals surface area contributed by atoms with Crippen molar-refractivity contribution in [3.8, 4) is 5.75 Å². The number of carbonyl (C=O) groups is 1. The van der Waals surface area contributed by atoms with E-state index in [-0.39, 0.29) is 24.0 Å². The van der Waals surface area contributed by atoms with Gasteiger partial charge in [0.05, 0.1) is 18.7 Å². The zero-order valence-electron chi connectivity index (χ0n) is 24.6. The van der Waals surface area contributed by atoms with Crippen LogP contribution in [0.3, 0.4) is 0 Å². The second-order valence-corrected chi connectivity index (χ2v) is 11.9. The summed E-state index contributed by atoms with van der Waals surface area (Å²) in [5, 5.41) is 0. The molecule has 8 nitrogen and oxygen atoms in total. The van der Waals surface area contributed by atoms with Crippen LogP contribution in [0, 0.1) is 11.8 Å². The number of methoxy groups -OCH3 is 2. The molecule has 3 aromatic rings. The van der Waals surface area contributed by atoms with Crippen molar-refractivity contribution in [3.63, 3.8) is 0 Å². The SMILES string of the molecule is CCC1CN(C(=O)c2cc(OC)c3c(c2)nc(/C(C)=C/c2cccnc2CCC2CC2)n3C2CC(OC)C2)C=C1N. The van der Waals surface area contributed by atoms with Crippen molar-refractivity contribution in [1.82, 2.24) is 19.4 Å². The Hall–Kier alpha value is -3.65. The molecule has 2 aromatic heterocycles. The van der Waals surface area contributed by atoms with Crippen molar-refractivity contribution in [1.29, 1.82) is 0 Å². The van der Waals surface area contributed by atoms with Crippen molar-refractivity contribution in [2.24, 2.45) is 17.6 Å². The van der Waals surface area contributed by atoms with Crippen molar-refractivity contribution in [2.75, 3.05) is 20.8 Å². The number of rotatable bonds is 10. The lowest BCUT2D eigenvalue weighted by atomic mass is 9.88. The highest BCUT2D eigenvalue weighted by molar-refractivity contribution is 6.00. The number of nitrogens with two attached hydrogens (primary N) is 1. The number of hydrogen-bond donors (Lipinski definition) is 1. The number of carbonyl (C=O) groups excluding carboxylic acids is 1. The van der Waals surface area contributed by atoms with Crippen LogP contribution >= 0.6 is 0 Å². The molecule has 0 saturated heterocycles. The number of ether oxygens (including phenoxy) is 2. The number of pyridine rings is 1. The first-order valence-electron chi connectivity index (χ1n) is 14.9. The van der Waals surface area contributed by atoms with Gasteiger partial charge in [-0.05, 0) is 80.4 Å². The van der Waals surface area contributed by atoms with Gasteiger partial charge in [-0.1, -0.05) is 25.8 Å². The van der Waals surface area contributed by atoms with E-state index in [1.807, 2.05) is 24.4 Å². The first-order valence-corrected chi connectivity index (χ1v) is 14.9. The number of amides is 1. The molecular formula is C33H41N5O3. The summed E-state index contributed by atoms with van der Waals surface area (Å²) < 4.78 is 13.8. The van der Waals surface area contributed by atoms with Crippen molar-refractivity contribution >= 4 is 28.6 Å². The zero-order chi connectivity index (χ0) is 28.7. The molecule has 2 fully saturated rings. The molecule has 8 heteroatoms. The highest BCUT2D eigenvalue weighted by atomic mass is 16.5. The first-order chi connectivity index (χ1) is 19.9. The minimum absolute atomic E-state index is 0.0915. The molecule has 41 heavy (non-hydrogen) atoms. The maximum absolute atomic E-state index is 13.6. The van der Waals surface area contributed by atoms with Gasteiger partial charge in [0.1, 0.15) is 17.1 Å². The van der Waals surface area contributed by atoms with Gasteiger partial charge in [-0.3, -0.25) is 9.78 Å². The summed E-state index contributed by atoms with van der Waals surface area (Å²) in [4.78, 5) is 25.1. The average Bonchev–Trinajstić information content (AvgIpc) is 3.60. The van der Waals surface area contributed by atoms with Crippen LogP contribution in [0.5, 0.6) is 5.75 Å². The van der Waals surface area contributed by atoms with Crippen LogP contribution in [0.2, 0.25) is 0 Å². The van der Waals surface area contributed by atoms with E-state index in [0.29, 0.717) is 17.9 Å². The highest BCUT2D eigenvalue weighted by Crippen LogP contribution is 2.42. The third-order valence-corrected chi connectivity index (χ3v) is 9.07. The highest BCUT2D eigenvalue weighted by Gasteiger charge is 2.35. The van der Waals surface area contributed by atoms with Crippen LogP contribution in [0.25, 0.3) is 22.7 Å². The van der Waals surface area contributed by atoms with Crippen LogP contribution in [0.15, 0.2) is 42.4 Å². The van der Waals surface area contributed by atoms with E-state index in [4.69, 9.17) is 25.2 Å². The molecule has 0 bridgehead atoms. The molecule has 216 valence electrons. The second-order valence-electron chi connectivity index (χ2n) is 11.9. The van der Waals surface area contributed by atoms with Crippen molar-refractivity contribution in [3.05, 3.63) is 65.0 Å². The van der Waals surface area contributed by atoms with Crippen molar-refractivity contribution < 1.29 is 14.3 Å². The summed E-state index contributed by atoms with van der Waals surface area (Å²) in [6.45, 7) is 4.80. The van der Waals surface area contributed by atoms with Gasteiger partial charge in [0.2, 0.25) is 0 Å². The van der Waals surface area contributed by atoms with E-state index in [0.717, 1.165) is 71.0 Å². The van der Waals surface area contributed by atoms with E-state index < -0.39 is 0 Å². The normalized spacial score (nSPS) is 22.6. The number of allylic oxidation sites excluding steroid dienone is 1. The van der Waals surface area contributed by atoms with Gasteiger partial charge < -0.3 is 24.7 Å². The summed E-state index contributed by atoms with van der Waals surface area (Å²) in [6.07, 6.45) is 13.7. The topological polar surface area (TPSA) is 95.5 Å². The summed E-state index contributed by atoms with van der Waals surface area (Å²) in [5.74, 6) is 2.49. The number of hydrogen-bond acceptors (Lipinski definition) is 6. The van der Waals surface area contributed by atoms with E-state index >= 15 is 0 Å². The molecule has 2 saturated carbocycles. The van der Waals surface area contributed by atoms with E-state index in [2.05, 4.69) is 30.6 Å². The maximum Gasteiger partial charge on any atom is 0.258 e. The number of imidazole rings is 1. The van der Waals surface area contributed by atoms with Gasteiger partial charge in [0.15, 0.2) is 0 Å². The Morgan fingerprint density at radius 2 is 2.02 bits per heavy atom. The fourth-order valence-electron chi connectivity index (χ4n) is 6.24. The quantitative estimate of drug-likeness (QED) is 0.331. The Morgan fingerprint density at radius 3 is 2.71 bits per heavy atom. The van der Waals surface area contributed by atoms with Gasteiger partial charge in [-0.2, -0.15) is 0 Å². The minimum Gasteiger partial charge on any atom is -0.494 e. The second kappa shape index (κ2) is 11.3. The molecule has 3 aliphatic rings. The summed E-state index contributed by atoms with van der Waals surface area (Å²) in [7, 11) is 3.43. The first kappa shape index (κ1) is 27.5.